The molecule has 0 spiro atoms. The lowest BCUT2D eigenvalue weighted by Crippen LogP contribution is -2.53. The number of nitrogens with zero attached hydrogens (tertiary/aromatic N) is 1. The molecule has 0 aromatic carbocycles. The molecule has 2 aliphatic heterocycles. The topological polar surface area (TPSA) is 24.5 Å². The molecule has 106 valence electrons. The van der Waals surface area contributed by atoms with Gasteiger partial charge >= 0.3 is 0 Å². The van der Waals surface area contributed by atoms with E-state index in [1.165, 1.54) is 51.7 Å². The standard InChI is InChI=1S/C15H30N2O/c1-3-8-16-15-7-9-17(11-13(15)4-2)14-6-5-10-18-12-14/h13-16H,3-12H2,1-2H3. The summed E-state index contributed by atoms with van der Waals surface area (Å²) in [5.74, 6) is 0.826. The van der Waals surface area contributed by atoms with Crippen LogP contribution in [0.5, 0.6) is 0 Å². The first-order valence-electron chi connectivity index (χ1n) is 7.90. The summed E-state index contributed by atoms with van der Waals surface area (Å²) < 4.78 is 5.64. The highest BCUT2D eigenvalue weighted by Gasteiger charge is 2.31. The van der Waals surface area contributed by atoms with Gasteiger partial charge in [0.05, 0.1) is 6.61 Å². The van der Waals surface area contributed by atoms with Gasteiger partial charge in [-0.05, 0) is 38.1 Å². The molecule has 18 heavy (non-hydrogen) atoms. The van der Waals surface area contributed by atoms with Gasteiger partial charge < -0.3 is 10.1 Å². The van der Waals surface area contributed by atoms with Crippen molar-refractivity contribution in [3.05, 3.63) is 0 Å². The van der Waals surface area contributed by atoms with E-state index >= 15 is 0 Å². The van der Waals surface area contributed by atoms with Crippen molar-refractivity contribution in [1.82, 2.24) is 10.2 Å². The Morgan fingerprint density at radius 3 is 2.83 bits per heavy atom. The van der Waals surface area contributed by atoms with E-state index in [2.05, 4.69) is 24.1 Å². The molecule has 0 amide bonds. The van der Waals surface area contributed by atoms with E-state index in [-0.39, 0.29) is 0 Å². The number of likely N-dealkylation sites (tertiary alicyclic amines) is 1. The summed E-state index contributed by atoms with van der Waals surface area (Å²) >= 11 is 0. The predicted octanol–water partition coefficient (Wildman–Crippen LogP) is 2.27. The van der Waals surface area contributed by atoms with Gasteiger partial charge in [-0.2, -0.15) is 0 Å². The van der Waals surface area contributed by atoms with Crippen LogP contribution in [-0.4, -0.2) is 49.8 Å². The van der Waals surface area contributed by atoms with E-state index in [4.69, 9.17) is 4.74 Å². The molecular formula is C15H30N2O. The summed E-state index contributed by atoms with van der Waals surface area (Å²) in [7, 11) is 0. The van der Waals surface area contributed by atoms with Crippen LogP contribution >= 0.6 is 0 Å². The van der Waals surface area contributed by atoms with Crippen LogP contribution in [-0.2, 0) is 4.74 Å². The van der Waals surface area contributed by atoms with E-state index < -0.39 is 0 Å². The molecule has 2 heterocycles. The highest BCUT2D eigenvalue weighted by molar-refractivity contribution is 4.88. The molecule has 3 heteroatoms. The van der Waals surface area contributed by atoms with Crippen molar-refractivity contribution >= 4 is 0 Å². The summed E-state index contributed by atoms with van der Waals surface area (Å²) in [5, 5.41) is 3.74. The molecule has 2 aliphatic rings. The second kappa shape index (κ2) is 7.46. The Bertz CT molecular complexity index is 229. The lowest BCUT2D eigenvalue weighted by Gasteiger charge is -2.43. The van der Waals surface area contributed by atoms with E-state index in [0.29, 0.717) is 6.04 Å². The van der Waals surface area contributed by atoms with E-state index in [0.717, 1.165) is 25.2 Å². The molecule has 1 N–H and O–H groups in total. The fourth-order valence-electron chi connectivity index (χ4n) is 3.42. The number of nitrogens with one attached hydrogen (secondary N) is 1. The minimum Gasteiger partial charge on any atom is -0.380 e. The van der Waals surface area contributed by atoms with Crippen LogP contribution in [0.25, 0.3) is 0 Å². The Kier molecular flexibility index (Phi) is 5.93. The maximum Gasteiger partial charge on any atom is 0.0621 e. The molecule has 2 fully saturated rings. The van der Waals surface area contributed by atoms with Crippen LogP contribution < -0.4 is 5.32 Å². The fraction of sp³-hybridized carbons (Fsp3) is 1.00. The zero-order chi connectivity index (χ0) is 12.8. The SMILES string of the molecule is CCCNC1CCN(C2CCCOC2)CC1CC. The first-order chi connectivity index (χ1) is 8.85. The zero-order valence-electron chi connectivity index (χ0n) is 12.2. The first-order valence-corrected chi connectivity index (χ1v) is 7.90. The molecule has 0 aromatic rings. The van der Waals surface area contributed by atoms with Crippen molar-refractivity contribution in [1.29, 1.82) is 0 Å². The van der Waals surface area contributed by atoms with Crippen molar-refractivity contribution in [3.63, 3.8) is 0 Å². The van der Waals surface area contributed by atoms with Gasteiger partial charge in [0.1, 0.15) is 0 Å². The maximum absolute atomic E-state index is 5.64. The molecule has 3 unspecified atom stereocenters. The number of hydrogen-bond acceptors (Lipinski definition) is 3. The van der Waals surface area contributed by atoms with Crippen LogP contribution in [0.2, 0.25) is 0 Å². The smallest absolute Gasteiger partial charge is 0.0621 e. The second-order valence-corrected chi connectivity index (χ2v) is 5.88. The van der Waals surface area contributed by atoms with Crippen molar-refractivity contribution in [3.8, 4) is 0 Å². The van der Waals surface area contributed by atoms with Gasteiger partial charge in [0, 0.05) is 31.8 Å². The van der Waals surface area contributed by atoms with Gasteiger partial charge in [-0.15, -0.1) is 0 Å². The summed E-state index contributed by atoms with van der Waals surface area (Å²) in [6.45, 7) is 10.2. The Morgan fingerprint density at radius 2 is 2.17 bits per heavy atom. The van der Waals surface area contributed by atoms with Crippen LogP contribution in [0, 0.1) is 5.92 Å². The Labute approximate surface area is 112 Å². The lowest BCUT2D eigenvalue weighted by atomic mass is 9.88. The summed E-state index contributed by atoms with van der Waals surface area (Å²) in [6.07, 6.45) is 6.44. The van der Waals surface area contributed by atoms with Crippen molar-refractivity contribution in [2.45, 2.75) is 58.0 Å². The van der Waals surface area contributed by atoms with Crippen LogP contribution in [0.3, 0.4) is 0 Å². The van der Waals surface area contributed by atoms with Gasteiger partial charge in [-0.3, -0.25) is 4.90 Å². The Hall–Kier alpha value is -0.120. The maximum atomic E-state index is 5.64. The van der Waals surface area contributed by atoms with Crippen LogP contribution in [0.15, 0.2) is 0 Å². The third-order valence-corrected chi connectivity index (χ3v) is 4.60. The first kappa shape index (κ1) is 14.3. The minimum absolute atomic E-state index is 0.694. The lowest BCUT2D eigenvalue weighted by molar-refractivity contribution is -0.00471. The van der Waals surface area contributed by atoms with Crippen LogP contribution in [0.4, 0.5) is 0 Å². The normalized spacial score (nSPS) is 34.7. The highest BCUT2D eigenvalue weighted by Crippen LogP contribution is 2.24. The molecule has 3 atom stereocenters. The fourth-order valence-corrected chi connectivity index (χ4v) is 3.42. The highest BCUT2D eigenvalue weighted by atomic mass is 16.5. The molecule has 2 rings (SSSR count). The van der Waals surface area contributed by atoms with Gasteiger partial charge in [0.15, 0.2) is 0 Å². The van der Waals surface area contributed by atoms with Crippen molar-refractivity contribution in [2.75, 3.05) is 32.8 Å². The Morgan fingerprint density at radius 1 is 1.28 bits per heavy atom. The molecule has 0 bridgehead atoms. The Balaban J connectivity index is 1.83. The number of hydrogen-bond donors (Lipinski definition) is 1. The zero-order valence-corrected chi connectivity index (χ0v) is 12.2. The van der Waals surface area contributed by atoms with Gasteiger partial charge in [0.25, 0.3) is 0 Å². The van der Waals surface area contributed by atoms with Gasteiger partial charge in [-0.25, -0.2) is 0 Å². The largest absolute Gasteiger partial charge is 0.380 e. The average Bonchev–Trinajstić information content (AvgIpc) is 2.46. The molecule has 3 nitrogen and oxygen atoms in total. The second-order valence-electron chi connectivity index (χ2n) is 5.88. The molecular weight excluding hydrogens is 224 g/mol. The van der Waals surface area contributed by atoms with Crippen molar-refractivity contribution < 1.29 is 4.74 Å². The average molecular weight is 254 g/mol. The van der Waals surface area contributed by atoms with Gasteiger partial charge in [0.2, 0.25) is 0 Å². The molecule has 0 radical (unpaired) electrons. The van der Waals surface area contributed by atoms with Crippen molar-refractivity contribution in [2.24, 2.45) is 5.92 Å². The molecule has 0 aliphatic carbocycles. The molecule has 0 saturated carbocycles. The molecule has 0 aromatic heterocycles. The van der Waals surface area contributed by atoms with Gasteiger partial charge in [-0.1, -0.05) is 20.3 Å². The third kappa shape index (κ3) is 3.69. The van der Waals surface area contributed by atoms with E-state index in [1.54, 1.807) is 0 Å². The van der Waals surface area contributed by atoms with E-state index in [9.17, 15) is 0 Å². The van der Waals surface area contributed by atoms with Crippen LogP contribution in [0.1, 0.15) is 46.0 Å². The number of ether oxygens (including phenoxy) is 1. The quantitative estimate of drug-likeness (QED) is 0.814. The minimum atomic E-state index is 0.694. The van der Waals surface area contributed by atoms with E-state index in [1.807, 2.05) is 0 Å². The molecule has 2 saturated heterocycles. The number of piperidine rings is 1. The summed E-state index contributed by atoms with van der Waals surface area (Å²) in [4.78, 5) is 2.69. The summed E-state index contributed by atoms with van der Waals surface area (Å²) in [6, 6.07) is 1.44. The monoisotopic (exact) mass is 254 g/mol. The predicted molar refractivity (Wildman–Crippen MR) is 75.9 cm³/mol. The third-order valence-electron chi connectivity index (χ3n) is 4.60. The number of rotatable bonds is 5. The summed E-state index contributed by atoms with van der Waals surface area (Å²) in [5.41, 5.74) is 0.